The minimum absolute atomic E-state index is 0.644. The molecule has 2 aromatic rings. The lowest BCUT2D eigenvalue weighted by Gasteiger charge is -2.11. The molecule has 1 heterocycles. The summed E-state index contributed by atoms with van der Waals surface area (Å²) >= 11 is 0. The maximum atomic E-state index is 5.74. The number of rotatable bonds is 10. The maximum absolute atomic E-state index is 5.74. The van der Waals surface area contributed by atoms with Gasteiger partial charge < -0.3 is 19.7 Å². The van der Waals surface area contributed by atoms with E-state index in [9.17, 15) is 0 Å². The van der Waals surface area contributed by atoms with Crippen molar-refractivity contribution in [3.05, 3.63) is 53.7 Å². The highest BCUT2D eigenvalue weighted by Crippen LogP contribution is 2.13. The number of nitrogens with zero attached hydrogens (tertiary/aromatic N) is 2. The number of benzene rings is 1. The molecule has 1 aromatic carbocycles. The predicted molar refractivity (Wildman–Crippen MR) is 96.4 cm³/mol. The Bertz CT molecular complexity index is 600. The molecule has 0 aliphatic rings. The summed E-state index contributed by atoms with van der Waals surface area (Å²) in [5.41, 5.74) is 2.19. The topological polar surface area (TPSA) is 46.6 Å². The van der Waals surface area contributed by atoms with Crippen LogP contribution in [-0.4, -0.2) is 44.2 Å². The lowest BCUT2D eigenvalue weighted by Crippen LogP contribution is -2.15. The van der Waals surface area contributed by atoms with E-state index in [1.807, 2.05) is 30.3 Å². The van der Waals surface area contributed by atoms with Crippen LogP contribution in [0, 0.1) is 0 Å². The van der Waals surface area contributed by atoms with Gasteiger partial charge in [0.25, 0.3) is 0 Å². The van der Waals surface area contributed by atoms with Crippen LogP contribution in [0.1, 0.15) is 17.7 Å². The maximum Gasteiger partial charge on any atom is 0.213 e. The molecule has 0 fully saturated rings. The Kier molecular flexibility index (Phi) is 7.52. The lowest BCUT2D eigenvalue weighted by atomic mass is 10.2. The summed E-state index contributed by atoms with van der Waals surface area (Å²) in [6.45, 7) is 3.29. The van der Waals surface area contributed by atoms with E-state index in [0.29, 0.717) is 12.4 Å². The quantitative estimate of drug-likeness (QED) is 0.679. The van der Waals surface area contributed by atoms with Gasteiger partial charge in [0.05, 0.1) is 19.4 Å². The third-order valence-corrected chi connectivity index (χ3v) is 3.57. The van der Waals surface area contributed by atoms with Gasteiger partial charge >= 0.3 is 0 Å². The Labute approximate surface area is 144 Å². The van der Waals surface area contributed by atoms with Crippen LogP contribution in [0.5, 0.6) is 11.6 Å². The first-order chi connectivity index (χ1) is 11.7. The van der Waals surface area contributed by atoms with E-state index in [4.69, 9.17) is 9.47 Å². The van der Waals surface area contributed by atoms with Gasteiger partial charge in [-0.05, 0) is 44.3 Å². The molecule has 130 valence electrons. The molecule has 1 aromatic heterocycles. The Morgan fingerprint density at radius 2 is 1.83 bits per heavy atom. The summed E-state index contributed by atoms with van der Waals surface area (Å²) in [5.74, 6) is 1.57. The molecule has 0 amide bonds. The zero-order valence-electron chi connectivity index (χ0n) is 14.8. The number of ether oxygens (including phenoxy) is 2. The second kappa shape index (κ2) is 9.90. The molecule has 24 heavy (non-hydrogen) atoms. The molecule has 2 rings (SSSR count). The van der Waals surface area contributed by atoms with Crippen LogP contribution >= 0.6 is 0 Å². The Morgan fingerprint density at radius 3 is 2.54 bits per heavy atom. The molecule has 0 unspecified atom stereocenters. The molecule has 5 nitrogen and oxygen atoms in total. The van der Waals surface area contributed by atoms with E-state index in [1.54, 1.807) is 7.11 Å². The highest BCUT2D eigenvalue weighted by molar-refractivity contribution is 5.27. The van der Waals surface area contributed by atoms with Crippen LogP contribution in [0.2, 0.25) is 0 Å². The molecule has 0 spiro atoms. The smallest absolute Gasteiger partial charge is 0.213 e. The highest BCUT2D eigenvalue weighted by atomic mass is 16.5. The van der Waals surface area contributed by atoms with Gasteiger partial charge in [-0.3, -0.25) is 0 Å². The number of aromatic nitrogens is 1. The van der Waals surface area contributed by atoms with E-state index in [-0.39, 0.29) is 0 Å². The fraction of sp³-hybridized carbons (Fsp3) is 0.421. The standard InChI is InChI=1S/C19H27N3O2/c1-22(2)12-5-13-24-18-10-8-16(9-11-18)14-20-15-17-6-4-7-19(21-17)23-3/h4,6-11,20H,5,12-15H2,1-3H3. The average molecular weight is 329 g/mol. The van der Waals surface area contributed by atoms with Crippen molar-refractivity contribution in [3.63, 3.8) is 0 Å². The van der Waals surface area contributed by atoms with Gasteiger partial charge in [-0.25, -0.2) is 4.98 Å². The van der Waals surface area contributed by atoms with Crippen molar-refractivity contribution >= 4 is 0 Å². The van der Waals surface area contributed by atoms with Gasteiger partial charge in [-0.2, -0.15) is 0 Å². The minimum Gasteiger partial charge on any atom is -0.494 e. The average Bonchev–Trinajstić information content (AvgIpc) is 2.60. The van der Waals surface area contributed by atoms with E-state index in [2.05, 4.69) is 41.4 Å². The third-order valence-electron chi connectivity index (χ3n) is 3.57. The molecular formula is C19H27N3O2. The summed E-state index contributed by atoms with van der Waals surface area (Å²) in [5, 5.41) is 3.39. The number of hydrogen-bond donors (Lipinski definition) is 1. The van der Waals surface area contributed by atoms with Gasteiger partial charge in [-0.1, -0.05) is 18.2 Å². The first kappa shape index (κ1) is 18.2. The largest absolute Gasteiger partial charge is 0.494 e. The normalized spacial score (nSPS) is 10.8. The van der Waals surface area contributed by atoms with Crippen LogP contribution in [0.3, 0.4) is 0 Å². The van der Waals surface area contributed by atoms with Crippen LogP contribution in [0.4, 0.5) is 0 Å². The van der Waals surface area contributed by atoms with Crippen molar-refractivity contribution in [3.8, 4) is 11.6 Å². The van der Waals surface area contributed by atoms with Gasteiger partial charge in [0.1, 0.15) is 5.75 Å². The monoisotopic (exact) mass is 329 g/mol. The molecule has 0 bridgehead atoms. The van der Waals surface area contributed by atoms with Crippen LogP contribution in [-0.2, 0) is 13.1 Å². The Hall–Kier alpha value is -2.11. The number of nitrogens with one attached hydrogen (secondary N) is 1. The molecule has 0 saturated carbocycles. The van der Waals surface area contributed by atoms with Crippen LogP contribution in [0.15, 0.2) is 42.5 Å². The zero-order chi connectivity index (χ0) is 17.2. The van der Waals surface area contributed by atoms with Crippen LogP contribution in [0.25, 0.3) is 0 Å². The summed E-state index contributed by atoms with van der Waals surface area (Å²) in [7, 11) is 5.77. The SMILES string of the molecule is COc1cccc(CNCc2ccc(OCCCN(C)C)cc2)n1. The molecule has 0 atom stereocenters. The van der Waals surface area contributed by atoms with E-state index in [1.165, 1.54) is 5.56 Å². The molecule has 0 saturated heterocycles. The van der Waals surface area contributed by atoms with Crippen LogP contribution < -0.4 is 14.8 Å². The second-order valence-corrected chi connectivity index (χ2v) is 5.92. The zero-order valence-corrected chi connectivity index (χ0v) is 14.8. The fourth-order valence-corrected chi connectivity index (χ4v) is 2.28. The van der Waals surface area contributed by atoms with Crippen molar-refractivity contribution in [2.24, 2.45) is 0 Å². The summed E-state index contributed by atoms with van der Waals surface area (Å²) in [4.78, 5) is 6.54. The molecule has 0 radical (unpaired) electrons. The Balaban J connectivity index is 1.71. The molecule has 0 aliphatic heterocycles. The van der Waals surface area contributed by atoms with Crippen molar-refractivity contribution in [1.82, 2.24) is 15.2 Å². The Morgan fingerprint density at radius 1 is 1.04 bits per heavy atom. The molecule has 0 aliphatic carbocycles. The minimum atomic E-state index is 0.644. The first-order valence-corrected chi connectivity index (χ1v) is 8.24. The van der Waals surface area contributed by atoms with Crippen molar-refractivity contribution < 1.29 is 9.47 Å². The first-order valence-electron chi connectivity index (χ1n) is 8.24. The highest BCUT2D eigenvalue weighted by Gasteiger charge is 1.99. The van der Waals surface area contributed by atoms with Gasteiger partial charge in [-0.15, -0.1) is 0 Å². The number of pyridine rings is 1. The molecule has 5 heteroatoms. The van der Waals surface area contributed by atoms with E-state index >= 15 is 0 Å². The van der Waals surface area contributed by atoms with Crippen molar-refractivity contribution in [2.75, 3.05) is 34.4 Å². The fourth-order valence-electron chi connectivity index (χ4n) is 2.28. The molecule has 1 N–H and O–H groups in total. The number of methoxy groups -OCH3 is 1. The third kappa shape index (κ3) is 6.56. The van der Waals surface area contributed by atoms with Gasteiger partial charge in [0, 0.05) is 25.7 Å². The predicted octanol–water partition coefficient (Wildman–Crippen LogP) is 2.71. The number of hydrogen-bond acceptors (Lipinski definition) is 5. The van der Waals surface area contributed by atoms with Gasteiger partial charge in [0.15, 0.2) is 0 Å². The summed E-state index contributed by atoms with van der Waals surface area (Å²) in [6, 6.07) is 14.0. The second-order valence-electron chi connectivity index (χ2n) is 5.92. The van der Waals surface area contributed by atoms with Gasteiger partial charge in [0.2, 0.25) is 5.88 Å². The summed E-state index contributed by atoms with van der Waals surface area (Å²) < 4.78 is 10.9. The van der Waals surface area contributed by atoms with E-state index in [0.717, 1.165) is 37.6 Å². The van der Waals surface area contributed by atoms with E-state index < -0.39 is 0 Å². The summed E-state index contributed by atoms with van der Waals surface area (Å²) in [6.07, 6.45) is 1.03. The van der Waals surface area contributed by atoms with Crippen molar-refractivity contribution in [2.45, 2.75) is 19.5 Å². The molecular weight excluding hydrogens is 302 g/mol. The van der Waals surface area contributed by atoms with Crippen molar-refractivity contribution in [1.29, 1.82) is 0 Å². The lowest BCUT2D eigenvalue weighted by molar-refractivity contribution is 0.281.